The van der Waals surface area contributed by atoms with E-state index >= 15 is 0 Å². The Labute approximate surface area is 130 Å². The first-order valence-corrected chi connectivity index (χ1v) is 7.38. The number of furan rings is 1. The van der Waals surface area contributed by atoms with Gasteiger partial charge in [-0.1, -0.05) is 28.1 Å². The largest absolute Gasteiger partial charge is 0.458 e. The number of halogens is 2. The van der Waals surface area contributed by atoms with Crippen molar-refractivity contribution in [3.8, 4) is 0 Å². The summed E-state index contributed by atoms with van der Waals surface area (Å²) < 4.78 is 19.9. The summed E-state index contributed by atoms with van der Waals surface area (Å²) in [7, 11) is 0. The van der Waals surface area contributed by atoms with Gasteiger partial charge in [-0.3, -0.25) is 0 Å². The predicted octanol–water partition coefficient (Wildman–Crippen LogP) is 5.03. The van der Waals surface area contributed by atoms with E-state index in [4.69, 9.17) is 4.42 Å². The van der Waals surface area contributed by atoms with Gasteiger partial charge in [-0.2, -0.15) is 0 Å². The average molecular weight is 349 g/mol. The van der Waals surface area contributed by atoms with Gasteiger partial charge in [-0.15, -0.1) is 0 Å². The Bertz CT molecular complexity index is 800. The Morgan fingerprint density at radius 3 is 2.43 bits per heavy atom. The van der Waals surface area contributed by atoms with Crippen LogP contribution in [0.15, 0.2) is 45.3 Å². The number of aliphatic hydroxyl groups is 1. The van der Waals surface area contributed by atoms with E-state index in [1.165, 1.54) is 12.1 Å². The van der Waals surface area contributed by atoms with Crippen molar-refractivity contribution in [3.63, 3.8) is 0 Å². The normalized spacial score (nSPS) is 12.8. The zero-order chi connectivity index (χ0) is 15.1. The number of aliphatic hydroxyl groups excluding tert-OH is 1. The van der Waals surface area contributed by atoms with Crippen LogP contribution < -0.4 is 0 Å². The molecule has 0 saturated heterocycles. The van der Waals surface area contributed by atoms with Crippen molar-refractivity contribution >= 4 is 26.9 Å². The highest BCUT2D eigenvalue weighted by molar-refractivity contribution is 9.10. The summed E-state index contributed by atoms with van der Waals surface area (Å²) >= 11 is 3.51. The van der Waals surface area contributed by atoms with Crippen molar-refractivity contribution in [2.24, 2.45) is 0 Å². The molecular weight excluding hydrogens is 335 g/mol. The standard InChI is InChI=1S/C17H14BrFO2/c1-9-5-12(6-10(2)16(9)18)17(20)15-8-11-7-13(19)3-4-14(11)21-15/h3-8,17,20H,1-2H3. The van der Waals surface area contributed by atoms with Gasteiger partial charge in [-0.05, 0) is 54.8 Å². The molecule has 0 aliphatic heterocycles. The Morgan fingerprint density at radius 2 is 1.76 bits per heavy atom. The third kappa shape index (κ3) is 2.61. The van der Waals surface area contributed by atoms with Crippen LogP contribution in [0, 0.1) is 19.7 Å². The lowest BCUT2D eigenvalue weighted by Crippen LogP contribution is -1.99. The van der Waals surface area contributed by atoms with Crippen LogP contribution in [0.25, 0.3) is 11.0 Å². The van der Waals surface area contributed by atoms with Gasteiger partial charge in [0.05, 0.1) is 0 Å². The maximum atomic E-state index is 13.2. The summed E-state index contributed by atoms with van der Waals surface area (Å²) in [6.07, 6.45) is -0.869. The molecule has 3 rings (SSSR count). The Kier molecular flexibility index (Phi) is 3.59. The first kappa shape index (κ1) is 14.3. The fraction of sp³-hybridized carbons (Fsp3) is 0.176. The molecule has 1 aromatic heterocycles. The van der Waals surface area contributed by atoms with Crippen LogP contribution in [-0.2, 0) is 0 Å². The molecule has 1 unspecified atom stereocenters. The minimum Gasteiger partial charge on any atom is -0.458 e. The molecule has 0 amide bonds. The fourth-order valence-corrected chi connectivity index (χ4v) is 2.70. The van der Waals surface area contributed by atoms with Crippen LogP contribution in [0.2, 0.25) is 0 Å². The van der Waals surface area contributed by atoms with Gasteiger partial charge in [0.1, 0.15) is 23.3 Å². The van der Waals surface area contributed by atoms with Crippen LogP contribution in [0.3, 0.4) is 0 Å². The van der Waals surface area contributed by atoms with Crippen LogP contribution in [0.5, 0.6) is 0 Å². The highest BCUT2D eigenvalue weighted by Crippen LogP contribution is 2.31. The van der Waals surface area contributed by atoms with E-state index in [2.05, 4.69) is 15.9 Å². The van der Waals surface area contributed by atoms with Crippen LogP contribution in [0.4, 0.5) is 4.39 Å². The first-order chi connectivity index (χ1) is 9.95. The van der Waals surface area contributed by atoms with E-state index in [9.17, 15) is 9.50 Å². The minimum absolute atomic E-state index is 0.320. The Hall–Kier alpha value is -1.65. The van der Waals surface area contributed by atoms with Gasteiger partial charge in [-0.25, -0.2) is 4.39 Å². The van der Waals surface area contributed by atoms with Crippen LogP contribution in [0.1, 0.15) is 28.6 Å². The number of rotatable bonds is 2. The molecule has 0 saturated carbocycles. The van der Waals surface area contributed by atoms with E-state index in [0.717, 1.165) is 21.2 Å². The summed E-state index contributed by atoms with van der Waals surface area (Å²) in [6.45, 7) is 3.95. The molecule has 108 valence electrons. The second-order valence-electron chi connectivity index (χ2n) is 5.20. The number of fused-ring (bicyclic) bond motifs is 1. The SMILES string of the molecule is Cc1cc(C(O)c2cc3cc(F)ccc3o2)cc(C)c1Br. The number of benzene rings is 2. The zero-order valence-corrected chi connectivity index (χ0v) is 13.2. The Balaban J connectivity index is 2.05. The van der Waals surface area contributed by atoms with E-state index < -0.39 is 6.10 Å². The van der Waals surface area contributed by atoms with Crippen LogP contribution in [-0.4, -0.2) is 5.11 Å². The molecule has 4 heteroatoms. The summed E-state index contributed by atoms with van der Waals surface area (Å²) in [6, 6.07) is 9.81. The second kappa shape index (κ2) is 5.28. The van der Waals surface area contributed by atoms with Crippen molar-refractivity contribution in [2.45, 2.75) is 20.0 Å². The molecule has 0 bridgehead atoms. The monoisotopic (exact) mass is 348 g/mol. The molecule has 21 heavy (non-hydrogen) atoms. The van der Waals surface area contributed by atoms with Crippen molar-refractivity contribution < 1.29 is 13.9 Å². The van der Waals surface area contributed by atoms with Crippen molar-refractivity contribution in [1.29, 1.82) is 0 Å². The fourth-order valence-electron chi connectivity index (χ4n) is 2.47. The first-order valence-electron chi connectivity index (χ1n) is 6.59. The molecule has 1 heterocycles. The van der Waals surface area contributed by atoms with Gasteiger partial charge in [0.2, 0.25) is 0 Å². The third-order valence-corrected chi connectivity index (χ3v) is 4.79. The zero-order valence-electron chi connectivity index (χ0n) is 11.7. The van der Waals surface area contributed by atoms with Gasteiger partial charge < -0.3 is 9.52 Å². The average Bonchev–Trinajstić information content (AvgIpc) is 2.86. The smallest absolute Gasteiger partial charge is 0.138 e. The molecular formula is C17H14BrFO2. The van der Waals surface area contributed by atoms with Crippen molar-refractivity contribution in [3.05, 3.63) is 69.1 Å². The quantitative estimate of drug-likeness (QED) is 0.704. The summed E-state index contributed by atoms with van der Waals surface area (Å²) in [5.74, 6) is 0.0939. The molecule has 3 aromatic rings. The maximum Gasteiger partial charge on any atom is 0.138 e. The van der Waals surface area contributed by atoms with E-state index in [-0.39, 0.29) is 5.82 Å². The van der Waals surface area contributed by atoms with Gasteiger partial charge in [0, 0.05) is 9.86 Å². The molecule has 2 nitrogen and oxygen atoms in total. The highest BCUT2D eigenvalue weighted by atomic mass is 79.9. The highest BCUT2D eigenvalue weighted by Gasteiger charge is 2.17. The summed E-state index contributed by atoms with van der Waals surface area (Å²) in [5.41, 5.74) is 3.42. The van der Waals surface area contributed by atoms with Crippen LogP contribution >= 0.6 is 15.9 Å². The second-order valence-corrected chi connectivity index (χ2v) is 6.00. The lowest BCUT2D eigenvalue weighted by Gasteiger charge is -2.12. The summed E-state index contributed by atoms with van der Waals surface area (Å²) in [5, 5.41) is 11.1. The van der Waals surface area contributed by atoms with Gasteiger partial charge in [0.15, 0.2) is 0 Å². The molecule has 0 aliphatic rings. The van der Waals surface area contributed by atoms with E-state index in [1.54, 1.807) is 12.1 Å². The maximum absolute atomic E-state index is 13.2. The van der Waals surface area contributed by atoms with Crippen molar-refractivity contribution in [2.75, 3.05) is 0 Å². The molecule has 1 atom stereocenters. The third-order valence-electron chi connectivity index (χ3n) is 3.54. The van der Waals surface area contributed by atoms with E-state index in [1.807, 2.05) is 26.0 Å². The lowest BCUT2D eigenvalue weighted by atomic mass is 10.0. The summed E-state index contributed by atoms with van der Waals surface area (Å²) in [4.78, 5) is 0. The molecule has 1 N–H and O–H groups in total. The Morgan fingerprint density at radius 1 is 1.10 bits per heavy atom. The predicted molar refractivity (Wildman–Crippen MR) is 83.8 cm³/mol. The molecule has 0 fully saturated rings. The van der Waals surface area contributed by atoms with E-state index in [0.29, 0.717) is 16.7 Å². The van der Waals surface area contributed by atoms with Gasteiger partial charge in [0.25, 0.3) is 0 Å². The number of hydrogen-bond acceptors (Lipinski definition) is 2. The molecule has 0 aliphatic carbocycles. The van der Waals surface area contributed by atoms with Gasteiger partial charge >= 0.3 is 0 Å². The minimum atomic E-state index is -0.869. The topological polar surface area (TPSA) is 33.4 Å². The molecule has 2 aromatic carbocycles. The van der Waals surface area contributed by atoms with Crippen molar-refractivity contribution in [1.82, 2.24) is 0 Å². The molecule has 0 spiro atoms. The number of hydrogen-bond donors (Lipinski definition) is 1. The number of aryl methyl sites for hydroxylation is 2. The lowest BCUT2D eigenvalue weighted by molar-refractivity contribution is 0.192. The molecule has 0 radical (unpaired) electrons.